The van der Waals surface area contributed by atoms with Gasteiger partial charge in [-0.2, -0.15) is 4.98 Å². The molecule has 110 valence electrons. The molecule has 0 spiro atoms. The molecule has 0 saturated carbocycles. The van der Waals surface area contributed by atoms with Gasteiger partial charge in [0.05, 0.1) is 0 Å². The summed E-state index contributed by atoms with van der Waals surface area (Å²) in [4.78, 5) is 4.33. The number of aromatic nitrogens is 2. The van der Waals surface area contributed by atoms with Gasteiger partial charge in [-0.25, -0.2) is 0 Å². The molecule has 1 aromatic heterocycles. The lowest BCUT2D eigenvalue weighted by atomic mass is 10.2. The van der Waals surface area contributed by atoms with Gasteiger partial charge < -0.3 is 19.3 Å². The van der Waals surface area contributed by atoms with Crippen LogP contribution >= 0.6 is 0 Å². The first kappa shape index (κ1) is 12.7. The highest BCUT2D eigenvalue weighted by Crippen LogP contribution is 2.33. The normalized spacial score (nSPS) is 12.9. The Morgan fingerprint density at radius 3 is 2.59 bits per heavy atom. The number of hydrogen-bond acceptors (Lipinski definition) is 6. The summed E-state index contributed by atoms with van der Waals surface area (Å²) in [7, 11) is 0. The fraction of sp³-hybridized carbons (Fsp3) is 0.125. The lowest BCUT2D eigenvalue weighted by Crippen LogP contribution is -2.15. The Labute approximate surface area is 126 Å². The molecule has 0 unspecified atom stereocenters. The zero-order valence-corrected chi connectivity index (χ0v) is 11.7. The quantitative estimate of drug-likeness (QED) is 0.800. The third-order valence-corrected chi connectivity index (χ3v) is 3.25. The third-order valence-electron chi connectivity index (χ3n) is 3.25. The van der Waals surface area contributed by atoms with E-state index in [1.165, 1.54) is 0 Å². The molecule has 3 aromatic rings. The fourth-order valence-electron chi connectivity index (χ4n) is 2.22. The Morgan fingerprint density at radius 2 is 1.73 bits per heavy atom. The minimum absolute atomic E-state index is 0.329. The summed E-state index contributed by atoms with van der Waals surface area (Å²) in [5.74, 6) is 1.99. The van der Waals surface area contributed by atoms with Gasteiger partial charge in [0.25, 0.3) is 0 Å². The van der Waals surface area contributed by atoms with Gasteiger partial charge in [-0.3, -0.25) is 0 Å². The van der Waals surface area contributed by atoms with Crippen molar-refractivity contribution in [3.63, 3.8) is 0 Å². The van der Waals surface area contributed by atoms with Gasteiger partial charge in [-0.1, -0.05) is 35.5 Å². The maximum absolute atomic E-state index is 5.54. The summed E-state index contributed by atoms with van der Waals surface area (Å²) in [6.45, 7) is 1.12. The topological polar surface area (TPSA) is 69.4 Å². The molecule has 0 radical (unpaired) electrons. The zero-order chi connectivity index (χ0) is 14.8. The van der Waals surface area contributed by atoms with Crippen molar-refractivity contribution in [3.05, 3.63) is 48.5 Å². The summed E-state index contributed by atoms with van der Waals surface area (Å²) in [5, 5.41) is 7.03. The Bertz CT molecular complexity index is 786. The van der Waals surface area contributed by atoms with Crippen LogP contribution in [0, 0.1) is 0 Å². The maximum Gasteiger partial charge on any atom is 0.326 e. The molecule has 0 saturated heterocycles. The van der Waals surface area contributed by atoms with Gasteiger partial charge in [0.2, 0.25) is 5.82 Å². The van der Waals surface area contributed by atoms with Crippen LogP contribution in [0.25, 0.3) is 11.4 Å². The van der Waals surface area contributed by atoms with Crippen LogP contribution in [0.15, 0.2) is 53.1 Å². The van der Waals surface area contributed by atoms with E-state index in [0.29, 0.717) is 30.8 Å². The van der Waals surface area contributed by atoms with Crippen LogP contribution in [-0.2, 0) is 0 Å². The van der Waals surface area contributed by atoms with Gasteiger partial charge in [0.15, 0.2) is 11.5 Å². The number of ether oxygens (including phenoxy) is 2. The molecule has 6 nitrogen and oxygen atoms in total. The summed E-state index contributed by atoms with van der Waals surface area (Å²) in [6, 6.07) is 15.6. The molecule has 6 heteroatoms. The summed E-state index contributed by atoms with van der Waals surface area (Å²) < 4.78 is 16.3. The van der Waals surface area contributed by atoms with E-state index in [4.69, 9.17) is 14.0 Å². The highest BCUT2D eigenvalue weighted by Gasteiger charge is 2.13. The standard InChI is InChI=1S/C16H13N3O3/c1-2-4-11(5-3-1)15-18-16(22-19-15)17-12-6-7-13-14(10-12)21-9-8-20-13/h1-7,10H,8-9H2,(H,17,18,19). The van der Waals surface area contributed by atoms with Crippen LogP contribution in [0.4, 0.5) is 11.7 Å². The van der Waals surface area contributed by atoms with Crippen LogP contribution in [0.5, 0.6) is 11.5 Å². The molecule has 4 rings (SSSR count). The Kier molecular flexibility index (Phi) is 3.12. The van der Waals surface area contributed by atoms with Crippen LogP contribution in [0.2, 0.25) is 0 Å². The van der Waals surface area contributed by atoms with Gasteiger partial charge in [0, 0.05) is 17.3 Å². The van der Waals surface area contributed by atoms with Crippen molar-refractivity contribution in [3.8, 4) is 22.9 Å². The van der Waals surface area contributed by atoms with Crippen LogP contribution in [-0.4, -0.2) is 23.4 Å². The van der Waals surface area contributed by atoms with Crippen molar-refractivity contribution in [1.82, 2.24) is 10.1 Å². The highest BCUT2D eigenvalue weighted by molar-refractivity contribution is 5.61. The number of anilines is 2. The first-order chi connectivity index (χ1) is 10.9. The first-order valence-electron chi connectivity index (χ1n) is 6.94. The van der Waals surface area contributed by atoms with E-state index in [1.807, 2.05) is 48.5 Å². The number of benzene rings is 2. The Balaban J connectivity index is 1.55. The second kappa shape index (κ2) is 5.40. The second-order valence-electron chi connectivity index (χ2n) is 4.77. The van der Waals surface area contributed by atoms with Crippen LogP contribution < -0.4 is 14.8 Å². The van der Waals surface area contributed by atoms with E-state index in [0.717, 1.165) is 17.0 Å². The smallest absolute Gasteiger partial charge is 0.326 e. The molecule has 0 atom stereocenters. The number of fused-ring (bicyclic) bond motifs is 1. The SMILES string of the molecule is c1ccc(-c2noc(Nc3ccc4c(c3)OCCO4)n2)cc1. The average Bonchev–Trinajstić information content (AvgIpc) is 3.04. The number of hydrogen-bond donors (Lipinski definition) is 1. The average molecular weight is 295 g/mol. The van der Waals surface area contributed by atoms with Crippen molar-refractivity contribution < 1.29 is 14.0 Å². The summed E-state index contributed by atoms with van der Waals surface area (Å²) in [5.41, 5.74) is 1.70. The van der Waals surface area contributed by atoms with E-state index in [1.54, 1.807) is 0 Å². The van der Waals surface area contributed by atoms with E-state index in [9.17, 15) is 0 Å². The van der Waals surface area contributed by atoms with Crippen molar-refractivity contribution in [1.29, 1.82) is 0 Å². The van der Waals surface area contributed by atoms with Crippen LogP contribution in [0.3, 0.4) is 0 Å². The molecule has 0 amide bonds. The summed E-state index contributed by atoms with van der Waals surface area (Å²) in [6.07, 6.45) is 0. The minimum atomic E-state index is 0.329. The highest BCUT2D eigenvalue weighted by atomic mass is 16.6. The van der Waals surface area contributed by atoms with Gasteiger partial charge in [-0.05, 0) is 12.1 Å². The Morgan fingerprint density at radius 1 is 0.909 bits per heavy atom. The summed E-state index contributed by atoms with van der Waals surface area (Å²) >= 11 is 0. The molecule has 0 aliphatic carbocycles. The van der Waals surface area contributed by atoms with E-state index < -0.39 is 0 Å². The first-order valence-corrected chi connectivity index (χ1v) is 6.94. The van der Waals surface area contributed by atoms with Gasteiger partial charge in [-0.15, -0.1) is 0 Å². The number of rotatable bonds is 3. The maximum atomic E-state index is 5.54. The lowest BCUT2D eigenvalue weighted by Gasteiger charge is -2.18. The van der Waals surface area contributed by atoms with Gasteiger partial charge >= 0.3 is 6.01 Å². The molecule has 2 heterocycles. The minimum Gasteiger partial charge on any atom is -0.486 e. The predicted octanol–water partition coefficient (Wildman–Crippen LogP) is 3.25. The molecule has 2 aromatic carbocycles. The largest absolute Gasteiger partial charge is 0.486 e. The second-order valence-corrected chi connectivity index (χ2v) is 4.77. The van der Waals surface area contributed by atoms with E-state index in [-0.39, 0.29) is 0 Å². The molecule has 1 aliphatic rings. The molecular weight excluding hydrogens is 282 g/mol. The third kappa shape index (κ3) is 2.46. The molecule has 1 N–H and O–H groups in total. The van der Waals surface area contributed by atoms with E-state index >= 15 is 0 Å². The van der Waals surface area contributed by atoms with Crippen molar-refractivity contribution in [2.24, 2.45) is 0 Å². The van der Waals surface area contributed by atoms with Crippen LogP contribution in [0.1, 0.15) is 0 Å². The lowest BCUT2D eigenvalue weighted by molar-refractivity contribution is 0.171. The number of nitrogens with zero attached hydrogens (tertiary/aromatic N) is 2. The van der Waals surface area contributed by atoms with Crippen molar-refractivity contribution in [2.45, 2.75) is 0 Å². The van der Waals surface area contributed by atoms with Gasteiger partial charge in [0.1, 0.15) is 13.2 Å². The fourth-order valence-corrected chi connectivity index (χ4v) is 2.22. The Hall–Kier alpha value is -3.02. The molecule has 0 bridgehead atoms. The van der Waals surface area contributed by atoms with Crippen molar-refractivity contribution in [2.75, 3.05) is 18.5 Å². The van der Waals surface area contributed by atoms with E-state index in [2.05, 4.69) is 15.5 Å². The van der Waals surface area contributed by atoms with Crippen molar-refractivity contribution >= 4 is 11.7 Å². The molecule has 0 fully saturated rings. The zero-order valence-electron chi connectivity index (χ0n) is 11.7. The number of nitrogens with one attached hydrogen (secondary N) is 1. The monoisotopic (exact) mass is 295 g/mol. The molecule has 1 aliphatic heterocycles. The molecule has 22 heavy (non-hydrogen) atoms. The predicted molar refractivity (Wildman–Crippen MR) is 80.4 cm³/mol. The molecular formula is C16H13N3O3.